The normalized spacial score (nSPS) is 22.0. The van der Waals surface area contributed by atoms with Crippen molar-refractivity contribution < 1.29 is 28.9 Å². The van der Waals surface area contributed by atoms with Crippen LogP contribution in [0.3, 0.4) is 0 Å². The molecule has 0 radical (unpaired) electrons. The highest BCUT2D eigenvalue weighted by Crippen LogP contribution is 2.34. The number of carboxylic acids is 1. The average molecular weight is 907 g/mol. The highest BCUT2D eigenvalue weighted by atomic mass is 16.5. The quantitative estimate of drug-likeness (QED) is 0.105. The van der Waals surface area contributed by atoms with Crippen LogP contribution in [0, 0.1) is 23.7 Å². The van der Waals surface area contributed by atoms with E-state index in [0.29, 0.717) is 18.8 Å². The first-order valence-corrected chi connectivity index (χ1v) is 25.5. The Morgan fingerprint density at radius 2 is 0.924 bits per heavy atom. The summed E-state index contributed by atoms with van der Waals surface area (Å²) in [5.74, 6) is 3.06. The molecule has 2 heterocycles. The third-order valence-corrected chi connectivity index (χ3v) is 14.8. The van der Waals surface area contributed by atoms with Gasteiger partial charge < -0.3 is 19.3 Å². The van der Waals surface area contributed by atoms with E-state index in [2.05, 4.69) is 96.4 Å². The van der Waals surface area contributed by atoms with Crippen molar-refractivity contribution in [3.63, 3.8) is 0 Å². The number of carbonyl (C=O) groups excluding carboxylic acids is 1. The van der Waals surface area contributed by atoms with Gasteiger partial charge >= 0.3 is 11.9 Å². The summed E-state index contributed by atoms with van der Waals surface area (Å²) < 4.78 is 17.9. The smallest absolute Gasteiger partial charge is 0.309 e. The van der Waals surface area contributed by atoms with Crippen LogP contribution in [0.2, 0.25) is 0 Å². The van der Waals surface area contributed by atoms with Crippen molar-refractivity contribution in [2.75, 3.05) is 32.8 Å². The first-order chi connectivity index (χ1) is 31.2. The van der Waals surface area contributed by atoms with Crippen LogP contribution >= 0.6 is 0 Å². The number of nitrogens with zero attached hydrogens (tertiary/aromatic N) is 2. The van der Waals surface area contributed by atoms with Crippen molar-refractivity contribution in [3.05, 3.63) is 83.9 Å². The Balaban J connectivity index is 0.000000241. The number of benzene rings is 4. The molecule has 4 aromatic rings. The second-order valence-corrected chi connectivity index (χ2v) is 19.7. The van der Waals surface area contributed by atoms with Crippen LogP contribution in [0.5, 0.6) is 11.5 Å². The van der Waals surface area contributed by atoms with Crippen LogP contribution in [-0.2, 0) is 27.4 Å². The summed E-state index contributed by atoms with van der Waals surface area (Å²) >= 11 is 0. The zero-order valence-corrected chi connectivity index (χ0v) is 39.5. The summed E-state index contributed by atoms with van der Waals surface area (Å²) in [6.45, 7) is 12.4. The molecule has 1 N–H and O–H groups in total. The molecule has 2 aliphatic heterocycles. The maximum atomic E-state index is 12.0. The first-order valence-electron chi connectivity index (χ1n) is 25.5. The minimum atomic E-state index is -0.645. The molecule has 0 aromatic heterocycles. The molecule has 0 bridgehead atoms. The summed E-state index contributed by atoms with van der Waals surface area (Å²) in [6, 6.07) is 26.5. The Hall–Kier alpha value is -4.14. The second-order valence-electron chi connectivity index (χ2n) is 19.7. The van der Waals surface area contributed by atoms with Gasteiger partial charge in [0.2, 0.25) is 0 Å². The van der Waals surface area contributed by atoms with E-state index in [0.717, 1.165) is 88.3 Å². The summed E-state index contributed by atoms with van der Waals surface area (Å²) in [5.41, 5.74) is 2.62. The Bertz CT molecular complexity index is 2050. The third-order valence-electron chi connectivity index (χ3n) is 14.8. The summed E-state index contributed by atoms with van der Waals surface area (Å²) in [6.07, 6.45) is 22.2. The molecule has 4 aliphatic rings. The van der Waals surface area contributed by atoms with E-state index in [-0.39, 0.29) is 32.7 Å². The second kappa shape index (κ2) is 27.0. The Morgan fingerprint density at radius 3 is 1.32 bits per heavy atom. The molecule has 8 heteroatoms. The number of carbonyl (C=O) groups is 2. The van der Waals surface area contributed by atoms with Crippen LogP contribution in [0.4, 0.5) is 0 Å². The minimum absolute atomic E-state index is 0. The van der Waals surface area contributed by atoms with E-state index in [1.165, 1.54) is 123 Å². The van der Waals surface area contributed by atoms with Gasteiger partial charge in [0.15, 0.2) is 0 Å². The molecular weight excluding hydrogens is 821 g/mol. The fourth-order valence-corrected chi connectivity index (χ4v) is 10.8. The van der Waals surface area contributed by atoms with Crippen LogP contribution < -0.4 is 9.47 Å². The summed E-state index contributed by atoms with van der Waals surface area (Å²) in [7, 11) is 0. The lowest BCUT2D eigenvalue weighted by atomic mass is 9.84. The van der Waals surface area contributed by atoms with Gasteiger partial charge in [-0.1, -0.05) is 104 Å². The summed E-state index contributed by atoms with van der Waals surface area (Å²) in [4.78, 5) is 27.9. The Labute approximate surface area is 399 Å². The number of hydrogen-bond acceptors (Lipinski definition) is 7. The molecule has 8 nitrogen and oxygen atoms in total. The molecule has 2 aliphatic carbocycles. The van der Waals surface area contributed by atoms with Gasteiger partial charge in [0, 0.05) is 13.1 Å². The molecule has 0 unspecified atom stereocenters. The number of hydrogen-bond donors (Lipinski definition) is 1. The Morgan fingerprint density at radius 1 is 0.530 bits per heavy atom. The molecule has 66 heavy (non-hydrogen) atoms. The average Bonchev–Trinajstić information content (AvgIpc) is 3.32. The molecule has 2 saturated heterocycles. The van der Waals surface area contributed by atoms with E-state index in [9.17, 15) is 14.7 Å². The van der Waals surface area contributed by atoms with Gasteiger partial charge in [-0.15, -0.1) is 0 Å². The van der Waals surface area contributed by atoms with Crippen LogP contribution in [-0.4, -0.2) is 71.8 Å². The lowest BCUT2D eigenvalue weighted by molar-refractivity contribution is -0.149. The van der Waals surface area contributed by atoms with E-state index in [1.54, 1.807) is 0 Å². The molecule has 4 fully saturated rings. The molecule has 0 spiro atoms. The van der Waals surface area contributed by atoms with Crippen LogP contribution in [0.1, 0.15) is 162 Å². The predicted octanol–water partition coefficient (Wildman–Crippen LogP) is 14.3. The van der Waals surface area contributed by atoms with Crippen LogP contribution in [0.15, 0.2) is 72.8 Å². The molecule has 0 atom stereocenters. The van der Waals surface area contributed by atoms with Gasteiger partial charge in [0.25, 0.3) is 0 Å². The van der Waals surface area contributed by atoms with Gasteiger partial charge in [-0.2, -0.15) is 0 Å². The van der Waals surface area contributed by atoms with Crippen molar-refractivity contribution in [1.82, 2.24) is 9.80 Å². The maximum absolute atomic E-state index is 12.0. The highest BCUT2D eigenvalue weighted by molar-refractivity contribution is 5.85. The fourth-order valence-electron chi connectivity index (χ4n) is 10.8. The molecule has 4 aromatic carbocycles. The van der Waals surface area contributed by atoms with Crippen molar-refractivity contribution in [2.24, 2.45) is 23.7 Å². The zero-order valence-electron chi connectivity index (χ0n) is 39.5. The third kappa shape index (κ3) is 15.7. The monoisotopic (exact) mass is 907 g/mol. The van der Waals surface area contributed by atoms with E-state index < -0.39 is 5.97 Å². The van der Waals surface area contributed by atoms with Gasteiger partial charge in [0.1, 0.15) is 11.5 Å². The van der Waals surface area contributed by atoms with E-state index in [1.807, 2.05) is 6.92 Å². The minimum Gasteiger partial charge on any atom is -0.490 e. The number of fused-ring (bicyclic) bond motifs is 2. The number of likely N-dealkylation sites (tertiary alicyclic amines) is 2. The molecule has 8 rings (SSSR count). The molecule has 364 valence electrons. The lowest BCUT2D eigenvalue weighted by Crippen LogP contribution is -2.36. The first kappa shape index (κ1) is 52.8. The number of unbranched alkanes of at least 4 members (excludes halogenated alkanes) is 2. The predicted molar refractivity (Wildman–Crippen MR) is 273 cm³/mol. The van der Waals surface area contributed by atoms with Gasteiger partial charge in [0.05, 0.1) is 30.7 Å². The van der Waals surface area contributed by atoms with Crippen molar-refractivity contribution >= 4 is 33.5 Å². The van der Waals surface area contributed by atoms with Crippen LogP contribution in [0.25, 0.3) is 21.5 Å². The number of aliphatic carboxylic acids is 1. The number of esters is 1. The topological polar surface area (TPSA) is 88.5 Å². The maximum Gasteiger partial charge on any atom is 0.309 e. The van der Waals surface area contributed by atoms with Crippen molar-refractivity contribution in [2.45, 2.75) is 176 Å². The van der Waals surface area contributed by atoms with Crippen molar-refractivity contribution in [3.8, 4) is 11.5 Å². The fraction of sp³-hybridized carbons (Fsp3) is 0.621. The number of carboxylic acid groups (broad SMARTS) is 1. The van der Waals surface area contributed by atoms with Gasteiger partial charge in [-0.25, -0.2) is 0 Å². The number of rotatable bonds is 17. The summed E-state index contributed by atoms with van der Waals surface area (Å²) in [5, 5.41) is 14.2. The van der Waals surface area contributed by atoms with Gasteiger partial charge in [-0.05, 0) is 191 Å². The standard InChI is InChI=1S/C29H41NO3.C27H37NO3.2CH4/c1-3-5-6-22-8-12-27(13-9-22)33-28-14-11-25-19-23(7-10-26(25)20-28)21-30-17-15-24(16-18-30)29(31)32-4-2;1-2-3-4-20-6-10-25(11-7-20)31-26-12-9-23-17-21(5-8-24(23)18-26)19-28-15-13-22(14-16-28)27(29)30;;/h7,10-11,14,19-20,22,24,27H,3-6,8-9,12-13,15-18,21H2,1-2H3;5,8-9,12,17-18,20,22,25H,2-4,6-7,10-11,13-16,19H2,1H3,(H,29,30);2*1H4. The SMILES string of the molecule is C.C.CCCCC1CCC(Oc2ccc3cc(CN4CCC(C(=O)O)CC4)ccc3c2)CC1.CCCCC1CCC(Oc2ccc3cc(CN4CCC(C(=O)OCC)CC4)ccc3c2)CC1. The van der Waals surface area contributed by atoms with Crippen molar-refractivity contribution in [1.29, 1.82) is 0 Å². The molecule has 0 amide bonds. The Kier molecular flexibility index (Phi) is 21.6. The van der Waals surface area contributed by atoms with E-state index in [4.69, 9.17) is 14.2 Å². The highest BCUT2D eigenvalue weighted by Gasteiger charge is 2.27. The number of ether oxygens (including phenoxy) is 3. The zero-order chi connectivity index (χ0) is 44.7. The largest absolute Gasteiger partial charge is 0.490 e. The molecular formula is C58H86N2O6. The van der Waals surface area contributed by atoms with Gasteiger partial charge in [-0.3, -0.25) is 19.4 Å². The lowest BCUT2D eigenvalue weighted by Gasteiger charge is -2.30. The molecule has 2 saturated carbocycles. The number of piperidine rings is 2. The van der Waals surface area contributed by atoms with E-state index >= 15 is 0 Å².